The Morgan fingerprint density at radius 3 is 2.06 bits per heavy atom. The van der Waals surface area contributed by atoms with E-state index in [2.05, 4.69) is 61.5 Å². The van der Waals surface area contributed by atoms with Gasteiger partial charge in [0, 0.05) is 0 Å². The van der Waals surface area contributed by atoms with Crippen molar-refractivity contribution in [1.82, 2.24) is 0 Å². The second kappa shape index (κ2) is 14.1. The molecule has 2 aromatic carbocycles. The van der Waals surface area contributed by atoms with Crippen LogP contribution in [0, 0.1) is 16.7 Å². The van der Waals surface area contributed by atoms with Gasteiger partial charge >= 0.3 is 5.97 Å². The largest absolute Gasteiger partial charge is 0.494 e. The lowest BCUT2D eigenvalue weighted by atomic mass is 9.82. The van der Waals surface area contributed by atoms with Crippen molar-refractivity contribution in [2.45, 2.75) is 103 Å². The average Bonchev–Trinajstić information content (AvgIpc) is 2.93. The molecule has 0 saturated heterocycles. The monoisotopic (exact) mass is 489 g/mol. The Labute approximate surface area is 218 Å². The van der Waals surface area contributed by atoms with Crippen molar-refractivity contribution in [2.75, 3.05) is 6.61 Å². The maximum Gasteiger partial charge on any atom is 0.326 e. The number of nitriles is 1. The highest BCUT2D eigenvalue weighted by molar-refractivity contribution is 5.79. The van der Waals surface area contributed by atoms with Gasteiger partial charge in [0.25, 0.3) is 0 Å². The van der Waals surface area contributed by atoms with E-state index in [4.69, 9.17) is 9.47 Å². The summed E-state index contributed by atoms with van der Waals surface area (Å²) in [5.41, 5.74) is 2.71. The van der Waals surface area contributed by atoms with E-state index >= 15 is 0 Å². The Balaban J connectivity index is 1.44. The van der Waals surface area contributed by atoms with Crippen molar-refractivity contribution in [3.05, 3.63) is 54.1 Å². The number of ether oxygens (including phenoxy) is 2. The van der Waals surface area contributed by atoms with E-state index in [1.165, 1.54) is 48.8 Å². The fourth-order valence-electron chi connectivity index (χ4n) is 4.83. The van der Waals surface area contributed by atoms with Gasteiger partial charge in [0.1, 0.15) is 11.9 Å². The molecule has 1 atom stereocenters. The summed E-state index contributed by atoms with van der Waals surface area (Å²) in [4.78, 5) is 12.4. The lowest BCUT2D eigenvalue weighted by Crippen LogP contribution is -2.33. The number of unbranched alkanes of at least 4 members (excludes halogenated alkanes) is 5. The summed E-state index contributed by atoms with van der Waals surface area (Å²) in [6, 6.07) is 19.4. The predicted molar refractivity (Wildman–Crippen MR) is 146 cm³/mol. The van der Waals surface area contributed by atoms with E-state index in [1.807, 2.05) is 6.92 Å². The molecule has 1 saturated carbocycles. The molecule has 0 radical (unpaired) electrons. The molecule has 0 amide bonds. The normalized spacial score (nSPS) is 19.2. The number of nitrogens with zero attached hydrogens (tertiary/aromatic N) is 1. The minimum atomic E-state index is -1.04. The van der Waals surface area contributed by atoms with Crippen molar-refractivity contribution in [2.24, 2.45) is 5.41 Å². The molecule has 1 aliphatic carbocycles. The third-order valence-corrected chi connectivity index (χ3v) is 7.69. The summed E-state index contributed by atoms with van der Waals surface area (Å²) < 4.78 is 11.6. The number of benzene rings is 2. The Morgan fingerprint density at radius 1 is 0.889 bits per heavy atom. The molecule has 0 heterocycles. The Kier molecular flexibility index (Phi) is 10.9. The summed E-state index contributed by atoms with van der Waals surface area (Å²) in [6.45, 7) is 6.55. The third kappa shape index (κ3) is 7.85. The molecule has 1 aliphatic rings. The average molecular weight is 490 g/mol. The molecular formula is C32H43NO3. The van der Waals surface area contributed by atoms with E-state index in [9.17, 15) is 10.1 Å². The molecule has 0 aliphatic heterocycles. The smallest absolute Gasteiger partial charge is 0.326 e. The Bertz CT molecular complexity index is 968. The van der Waals surface area contributed by atoms with Crippen molar-refractivity contribution in [1.29, 1.82) is 5.26 Å². The van der Waals surface area contributed by atoms with Crippen LogP contribution >= 0.6 is 0 Å². The van der Waals surface area contributed by atoms with Crippen LogP contribution in [-0.4, -0.2) is 18.7 Å². The molecule has 0 aromatic heterocycles. The number of rotatable bonds is 13. The van der Waals surface area contributed by atoms with Crippen LogP contribution in [0.2, 0.25) is 0 Å². The van der Waals surface area contributed by atoms with E-state index in [-0.39, 0.29) is 12.1 Å². The van der Waals surface area contributed by atoms with E-state index in [0.717, 1.165) is 44.5 Å². The van der Waals surface area contributed by atoms with Crippen molar-refractivity contribution in [3.63, 3.8) is 0 Å². The fraction of sp³-hybridized carbons (Fsp3) is 0.562. The van der Waals surface area contributed by atoms with Gasteiger partial charge in [0.2, 0.25) is 0 Å². The second-order valence-corrected chi connectivity index (χ2v) is 10.4. The van der Waals surface area contributed by atoms with Crippen LogP contribution in [0.1, 0.15) is 103 Å². The first-order valence-electron chi connectivity index (χ1n) is 13.9. The molecule has 2 aromatic rings. The molecule has 4 nitrogen and oxygen atoms in total. The molecule has 1 fully saturated rings. The first-order chi connectivity index (χ1) is 17.5. The van der Waals surface area contributed by atoms with Crippen LogP contribution < -0.4 is 4.74 Å². The molecule has 0 bridgehead atoms. The zero-order valence-electron chi connectivity index (χ0n) is 22.4. The second-order valence-electron chi connectivity index (χ2n) is 10.4. The first kappa shape index (κ1) is 27.8. The molecule has 1 unspecified atom stereocenters. The van der Waals surface area contributed by atoms with Crippen LogP contribution in [0.15, 0.2) is 48.5 Å². The summed E-state index contributed by atoms with van der Waals surface area (Å²) in [5.74, 6) is 1.05. The zero-order chi connectivity index (χ0) is 25.8. The van der Waals surface area contributed by atoms with Gasteiger partial charge in [-0.05, 0) is 80.2 Å². The van der Waals surface area contributed by atoms with Crippen molar-refractivity contribution < 1.29 is 14.3 Å². The van der Waals surface area contributed by atoms with Crippen molar-refractivity contribution in [3.8, 4) is 22.9 Å². The van der Waals surface area contributed by atoms with Gasteiger partial charge < -0.3 is 9.47 Å². The fourth-order valence-corrected chi connectivity index (χ4v) is 4.83. The van der Waals surface area contributed by atoms with Gasteiger partial charge in [-0.1, -0.05) is 82.3 Å². The summed E-state index contributed by atoms with van der Waals surface area (Å²) >= 11 is 0. The van der Waals surface area contributed by atoms with Crippen LogP contribution in [0.5, 0.6) is 5.75 Å². The SMILES string of the molecule is CCCCCCCCOc1ccc(-c2ccc(C3CCC(OC(=O)C(C)(C#N)CC)CC3)cc2)cc1. The zero-order valence-corrected chi connectivity index (χ0v) is 22.4. The molecule has 0 spiro atoms. The predicted octanol–water partition coefficient (Wildman–Crippen LogP) is 8.60. The highest BCUT2D eigenvalue weighted by Crippen LogP contribution is 2.36. The maximum absolute atomic E-state index is 12.4. The van der Waals surface area contributed by atoms with Crippen LogP contribution in [0.3, 0.4) is 0 Å². The Morgan fingerprint density at radius 2 is 1.47 bits per heavy atom. The molecule has 4 heteroatoms. The molecule has 36 heavy (non-hydrogen) atoms. The van der Waals surface area contributed by atoms with Gasteiger partial charge in [0.15, 0.2) is 5.41 Å². The summed E-state index contributed by atoms with van der Waals surface area (Å²) in [6.07, 6.45) is 11.7. The van der Waals surface area contributed by atoms with Gasteiger partial charge in [-0.2, -0.15) is 5.26 Å². The van der Waals surface area contributed by atoms with Crippen LogP contribution in [0.25, 0.3) is 11.1 Å². The van der Waals surface area contributed by atoms with Crippen LogP contribution in [-0.2, 0) is 9.53 Å². The molecule has 0 N–H and O–H groups in total. The van der Waals surface area contributed by atoms with Gasteiger partial charge in [-0.3, -0.25) is 4.79 Å². The van der Waals surface area contributed by atoms with E-state index in [1.54, 1.807) is 6.92 Å². The summed E-state index contributed by atoms with van der Waals surface area (Å²) in [7, 11) is 0. The molecule has 3 rings (SSSR count). The number of hydrogen-bond acceptors (Lipinski definition) is 4. The standard InChI is InChI=1S/C32H43NO3/c1-4-6-7-8-9-10-23-35-29-19-15-27(16-20-29)25-11-13-26(14-12-25)28-17-21-30(22-18-28)36-31(34)32(3,5-2)24-33/h11-16,19-20,28,30H,4-10,17-18,21-23H2,1-3H3. The molecule has 194 valence electrons. The molecular weight excluding hydrogens is 446 g/mol. The lowest BCUT2D eigenvalue weighted by molar-refractivity contribution is -0.159. The van der Waals surface area contributed by atoms with Gasteiger partial charge in [0.05, 0.1) is 12.7 Å². The number of hydrogen-bond donors (Lipinski definition) is 0. The van der Waals surface area contributed by atoms with Crippen molar-refractivity contribution >= 4 is 5.97 Å². The van der Waals surface area contributed by atoms with Gasteiger partial charge in [-0.25, -0.2) is 0 Å². The summed E-state index contributed by atoms with van der Waals surface area (Å²) in [5, 5.41) is 9.31. The Hall–Kier alpha value is -2.80. The number of esters is 1. The first-order valence-corrected chi connectivity index (χ1v) is 13.9. The number of carbonyl (C=O) groups excluding carboxylic acids is 1. The quantitative estimate of drug-likeness (QED) is 0.209. The van der Waals surface area contributed by atoms with E-state index in [0.29, 0.717) is 12.3 Å². The minimum Gasteiger partial charge on any atom is -0.494 e. The third-order valence-electron chi connectivity index (χ3n) is 7.69. The number of carbonyl (C=O) groups is 1. The minimum absolute atomic E-state index is 0.0750. The highest BCUT2D eigenvalue weighted by Gasteiger charge is 2.35. The van der Waals surface area contributed by atoms with Gasteiger partial charge in [-0.15, -0.1) is 0 Å². The topological polar surface area (TPSA) is 59.3 Å². The van der Waals surface area contributed by atoms with Crippen LogP contribution in [0.4, 0.5) is 0 Å². The lowest BCUT2D eigenvalue weighted by Gasteiger charge is -2.30. The highest BCUT2D eigenvalue weighted by atomic mass is 16.5. The van der Waals surface area contributed by atoms with E-state index < -0.39 is 5.41 Å². The maximum atomic E-state index is 12.4.